The van der Waals surface area contributed by atoms with E-state index < -0.39 is 10.0 Å². The van der Waals surface area contributed by atoms with Crippen LogP contribution >= 0.6 is 11.6 Å². The van der Waals surface area contributed by atoms with Crippen molar-refractivity contribution in [2.45, 2.75) is 11.4 Å². The number of hydrogen-bond acceptors (Lipinski definition) is 5. The smallest absolute Gasteiger partial charge is 0.243 e. The van der Waals surface area contributed by atoms with E-state index >= 15 is 0 Å². The number of morpholine rings is 1. The van der Waals surface area contributed by atoms with E-state index in [4.69, 9.17) is 21.1 Å². The Bertz CT molecular complexity index is 947. The summed E-state index contributed by atoms with van der Waals surface area (Å²) in [6.45, 7) is 1.61. The molecular formula is C20H23ClN2O5S. The van der Waals surface area contributed by atoms with Gasteiger partial charge in [-0.15, -0.1) is 0 Å². The highest BCUT2D eigenvalue weighted by Gasteiger charge is 2.29. The molecular weight excluding hydrogens is 416 g/mol. The second-order valence-corrected chi connectivity index (χ2v) is 8.89. The van der Waals surface area contributed by atoms with Gasteiger partial charge in [-0.3, -0.25) is 4.79 Å². The largest absolute Gasteiger partial charge is 0.495 e. The zero-order valence-electron chi connectivity index (χ0n) is 16.1. The summed E-state index contributed by atoms with van der Waals surface area (Å²) in [6.07, 6.45) is 0. The van der Waals surface area contributed by atoms with E-state index in [0.717, 1.165) is 5.56 Å². The van der Waals surface area contributed by atoms with Crippen molar-refractivity contribution < 1.29 is 22.7 Å². The molecule has 1 aliphatic rings. The van der Waals surface area contributed by atoms with E-state index in [1.165, 1.54) is 29.6 Å². The van der Waals surface area contributed by atoms with E-state index in [1.54, 1.807) is 4.90 Å². The van der Waals surface area contributed by atoms with E-state index in [2.05, 4.69) is 0 Å². The summed E-state index contributed by atoms with van der Waals surface area (Å²) in [5.74, 6) is 0.122. The quantitative estimate of drug-likeness (QED) is 0.663. The average molecular weight is 439 g/mol. The van der Waals surface area contributed by atoms with Crippen LogP contribution in [-0.2, 0) is 26.1 Å². The molecule has 7 nitrogen and oxygen atoms in total. The molecule has 0 saturated carbocycles. The monoisotopic (exact) mass is 438 g/mol. The van der Waals surface area contributed by atoms with E-state index in [1.807, 2.05) is 30.3 Å². The first-order valence-electron chi connectivity index (χ1n) is 9.15. The van der Waals surface area contributed by atoms with Crippen LogP contribution in [0.3, 0.4) is 0 Å². The van der Waals surface area contributed by atoms with Crippen LogP contribution in [0.1, 0.15) is 5.56 Å². The number of rotatable bonds is 7. The molecule has 2 aromatic rings. The van der Waals surface area contributed by atoms with Gasteiger partial charge in [-0.2, -0.15) is 4.31 Å². The molecule has 0 aliphatic carbocycles. The van der Waals surface area contributed by atoms with E-state index in [-0.39, 0.29) is 28.9 Å². The summed E-state index contributed by atoms with van der Waals surface area (Å²) >= 11 is 6.13. The second kappa shape index (κ2) is 9.58. The fraction of sp³-hybridized carbons (Fsp3) is 0.350. The van der Waals surface area contributed by atoms with E-state index in [0.29, 0.717) is 32.1 Å². The maximum Gasteiger partial charge on any atom is 0.243 e. The van der Waals surface area contributed by atoms with Crippen molar-refractivity contribution in [3.05, 3.63) is 59.1 Å². The molecule has 0 aromatic heterocycles. The predicted molar refractivity (Wildman–Crippen MR) is 109 cm³/mol. The maximum absolute atomic E-state index is 13.3. The van der Waals surface area contributed by atoms with Crippen molar-refractivity contribution in [3.8, 4) is 5.75 Å². The van der Waals surface area contributed by atoms with Gasteiger partial charge in [0, 0.05) is 19.6 Å². The second-order valence-electron chi connectivity index (χ2n) is 6.55. The minimum Gasteiger partial charge on any atom is -0.495 e. The fourth-order valence-electron chi connectivity index (χ4n) is 3.03. The molecule has 1 aliphatic heterocycles. The summed E-state index contributed by atoms with van der Waals surface area (Å²) in [5.41, 5.74) is 0.783. The Morgan fingerprint density at radius 1 is 1.17 bits per heavy atom. The molecule has 1 heterocycles. The standard InChI is InChI=1S/C20H23ClN2O5S/c1-27-19-8-7-17(13-18(19)21)29(25,26)23(14-16-5-3-2-4-6-16)15-20(24)22-9-11-28-12-10-22/h2-8,13H,9-12,14-15H2,1H3. The third-order valence-corrected chi connectivity index (χ3v) is 6.72. The van der Waals surface area contributed by atoms with Crippen LogP contribution in [0.4, 0.5) is 0 Å². The van der Waals surface area contributed by atoms with Gasteiger partial charge in [0.05, 0.1) is 36.8 Å². The molecule has 0 spiro atoms. The molecule has 1 amide bonds. The number of nitrogens with zero attached hydrogens (tertiary/aromatic N) is 2. The van der Waals surface area contributed by atoms with E-state index in [9.17, 15) is 13.2 Å². The van der Waals surface area contributed by atoms with Gasteiger partial charge in [0.25, 0.3) is 0 Å². The lowest BCUT2D eigenvalue weighted by molar-refractivity contribution is -0.135. The third-order valence-electron chi connectivity index (χ3n) is 4.64. The SMILES string of the molecule is COc1ccc(S(=O)(=O)N(CC(=O)N2CCOCC2)Cc2ccccc2)cc1Cl. The van der Waals surface area contributed by atoms with Crippen LogP contribution in [0.2, 0.25) is 5.02 Å². The van der Waals surface area contributed by atoms with Crippen LogP contribution in [0.5, 0.6) is 5.75 Å². The Labute approximate surface area is 175 Å². The number of carbonyl (C=O) groups is 1. The highest BCUT2D eigenvalue weighted by Crippen LogP contribution is 2.29. The first kappa shape index (κ1) is 21.6. The van der Waals surface area contributed by atoms with Crippen molar-refractivity contribution in [3.63, 3.8) is 0 Å². The van der Waals surface area contributed by atoms with Crippen LogP contribution < -0.4 is 4.74 Å². The van der Waals surface area contributed by atoms with Crippen molar-refractivity contribution >= 4 is 27.5 Å². The molecule has 1 saturated heterocycles. The van der Waals surface area contributed by atoms with Crippen molar-refractivity contribution in [2.75, 3.05) is 40.0 Å². The number of carbonyl (C=O) groups excluding carboxylic acids is 1. The zero-order valence-corrected chi connectivity index (χ0v) is 17.7. The van der Waals surface area contributed by atoms with Crippen LogP contribution in [0, 0.1) is 0 Å². The van der Waals surface area contributed by atoms with Gasteiger partial charge in [-0.25, -0.2) is 8.42 Å². The van der Waals surface area contributed by atoms with Crippen molar-refractivity contribution in [1.29, 1.82) is 0 Å². The van der Waals surface area contributed by atoms with Gasteiger partial charge >= 0.3 is 0 Å². The lowest BCUT2D eigenvalue weighted by Crippen LogP contribution is -2.46. The summed E-state index contributed by atoms with van der Waals surface area (Å²) in [4.78, 5) is 14.4. The fourth-order valence-corrected chi connectivity index (χ4v) is 4.76. The molecule has 0 atom stereocenters. The molecule has 0 unspecified atom stereocenters. The van der Waals surface area contributed by atoms with Crippen molar-refractivity contribution in [2.24, 2.45) is 0 Å². The van der Waals surface area contributed by atoms with Crippen LogP contribution in [-0.4, -0.2) is 63.5 Å². The molecule has 156 valence electrons. The molecule has 0 bridgehead atoms. The minimum atomic E-state index is -3.97. The number of hydrogen-bond donors (Lipinski definition) is 0. The molecule has 9 heteroatoms. The molecule has 2 aromatic carbocycles. The lowest BCUT2D eigenvalue weighted by Gasteiger charge is -2.30. The predicted octanol–water partition coefficient (Wildman–Crippen LogP) is 2.40. The number of benzene rings is 2. The molecule has 3 rings (SSSR count). The summed E-state index contributed by atoms with van der Waals surface area (Å²) in [5, 5.41) is 0.188. The summed E-state index contributed by atoms with van der Waals surface area (Å²) in [7, 11) is -2.51. The van der Waals surface area contributed by atoms with Crippen molar-refractivity contribution in [1.82, 2.24) is 9.21 Å². The topological polar surface area (TPSA) is 76.2 Å². The van der Waals surface area contributed by atoms with Gasteiger partial charge in [-0.05, 0) is 23.8 Å². The minimum absolute atomic E-state index is 0.00834. The Morgan fingerprint density at radius 2 is 1.86 bits per heavy atom. The Morgan fingerprint density at radius 3 is 2.48 bits per heavy atom. The summed E-state index contributed by atoms with van der Waals surface area (Å²) < 4.78 is 38.2. The van der Waals surface area contributed by atoms with Crippen LogP contribution in [0.25, 0.3) is 0 Å². The number of halogens is 1. The van der Waals surface area contributed by atoms with Gasteiger partial charge in [0.15, 0.2) is 0 Å². The number of methoxy groups -OCH3 is 1. The zero-order chi connectivity index (χ0) is 20.9. The maximum atomic E-state index is 13.3. The normalized spacial score (nSPS) is 14.8. The van der Waals surface area contributed by atoms with Gasteiger partial charge in [0.2, 0.25) is 15.9 Å². The van der Waals surface area contributed by atoms with Gasteiger partial charge in [0.1, 0.15) is 5.75 Å². The summed E-state index contributed by atoms with van der Waals surface area (Å²) in [6, 6.07) is 13.4. The first-order chi connectivity index (χ1) is 13.9. The Balaban J connectivity index is 1.90. The molecule has 1 fully saturated rings. The first-order valence-corrected chi connectivity index (χ1v) is 11.0. The molecule has 0 N–H and O–H groups in total. The number of sulfonamides is 1. The number of amides is 1. The Hall–Kier alpha value is -2.13. The highest BCUT2D eigenvalue weighted by molar-refractivity contribution is 7.89. The molecule has 0 radical (unpaired) electrons. The Kier molecular flexibility index (Phi) is 7.13. The van der Waals surface area contributed by atoms with Gasteiger partial charge < -0.3 is 14.4 Å². The number of ether oxygens (including phenoxy) is 2. The third kappa shape index (κ3) is 5.27. The van der Waals surface area contributed by atoms with Gasteiger partial charge in [-0.1, -0.05) is 41.9 Å². The highest BCUT2D eigenvalue weighted by atomic mass is 35.5. The molecule has 29 heavy (non-hydrogen) atoms. The lowest BCUT2D eigenvalue weighted by atomic mass is 10.2. The van der Waals surface area contributed by atoms with Crippen LogP contribution in [0.15, 0.2) is 53.4 Å². The average Bonchev–Trinajstić information content (AvgIpc) is 2.74.